The van der Waals surface area contributed by atoms with Crippen molar-refractivity contribution in [1.29, 1.82) is 0 Å². The predicted molar refractivity (Wildman–Crippen MR) is 83.9 cm³/mol. The first-order valence-electron chi connectivity index (χ1n) is 7.61. The number of nitrogens with two attached hydrogens (primary N) is 2. The van der Waals surface area contributed by atoms with E-state index in [1.54, 1.807) is 0 Å². The van der Waals surface area contributed by atoms with Gasteiger partial charge in [-0.2, -0.15) is 0 Å². The van der Waals surface area contributed by atoms with Crippen LogP contribution in [0, 0.1) is 0 Å². The zero-order valence-electron chi connectivity index (χ0n) is 13.1. The smallest absolute Gasteiger partial charge is 0.231 e. The molecular formula is C16H23N3O3. The van der Waals surface area contributed by atoms with Crippen LogP contribution in [0.3, 0.4) is 0 Å². The van der Waals surface area contributed by atoms with E-state index in [9.17, 15) is 4.79 Å². The summed E-state index contributed by atoms with van der Waals surface area (Å²) >= 11 is 0. The molecule has 0 aliphatic carbocycles. The lowest BCUT2D eigenvalue weighted by molar-refractivity contribution is -0.118. The van der Waals surface area contributed by atoms with Crippen LogP contribution >= 0.6 is 0 Å². The Balaban J connectivity index is 1.68. The van der Waals surface area contributed by atoms with Gasteiger partial charge in [-0.05, 0) is 26.3 Å². The molecule has 4 N–H and O–H groups in total. The monoisotopic (exact) mass is 305 g/mol. The number of carbonyl (C=O) groups is 1. The van der Waals surface area contributed by atoms with Gasteiger partial charge in [0, 0.05) is 31.1 Å². The van der Waals surface area contributed by atoms with Crippen LogP contribution in [0.5, 0.6) is 11.5 Å². The lowest BCUT2D eigenvalue weighted by Crippen LogP contribution is -2.33. The fraction of sp³-hybridized carbons (Fsp3) is 0.562. The predicted octanol–water partition coefficient (Wildman–Crippen LogP) is 0.921. The van der Waals surface area contributed by atoms with Gasteiger partial charge in [0.15, 0.2) is 0 Å². The van der Waals surface area contributed by atoms with E-state index in [1.165, 1.54) is 0 Å². The van der Waals surface area contributed by atoms with Gasteiger partial charge >= 0.3 is 0 Å². The molecule has 6 heteroatoms. The van der Waals surface area contributed by atoms with E-state index in [0.29, 0.717) is 18.0 Å². The second-order valence-electron chi connectivity index (χ2n) is 6.77. The van der Waals surface area contributed by atoms with E-state index in [-0.39, 0.29) is 24.2 Å². The maximum absolute atomic E-state index is 11.0. The van der Waals surface area contributed by atoms with Crippen molar-refractivity contribution in [1.82, 2.24) is 4.90 Å². The quantitative estimate of drug-likeness (QED) is 0.807. The van der Waals surface area contributed by atoms with Crippen molar-refractivity contribution in [3.05, 3.63) is 17.7 Å². The molecule has 120 valence electrons. The van der Waals surface area contributed by atoms with E-state index >= 15 is 0 Å². The summed E-state index contributed by atoms with van der Waals surface area (Å²) < 4.78 is 11.9. The molecular weight excluding hydrogens is 282 g/mol. The van der Waals surface area contributed by atoms with E-state index in [1.807, 2.05) is 17.0 Å². The van der Waals surface area contributed by atoms with Crippen molar-refractivity contribution in [3.8, 4) is 11.5 Å². The summed E-state index contributed by atoms with van der Waals surface area (Å²) in [6.07, 6.45) is 1.73. The fourth-order valence-corrected chi connectivity index (χ4v) is 3.19. The summed E-state index contributed by atoms with van der Waals surface area (Å²) in [7, 11) is 0. The van der Waals surface area contributed by atoms with Gasteiger partial charge in [-0.15, -0.1) is 0 Å². The average Bonchev–Trinajstić information content (AvgIpc) is 2.92. The van der Waals surface area contributed by atoms with Crippen molar-refractivity contribution in [2.24, 2.45) is 5.73 Å². The SMILES string of the molecule is CC1(C)Cc2cc(N)c(OC3CCN(CC(N)=O)C3)cc2O1. The Hall–Kier alpha value is -1.95. The molecule has 1 aromatic rings. The molecule has 2 aliphatic heterocycles. The number of rotatable bonds is 4. The molecule has 0 saturated carbocycles. The first-order valence-corrected chi connectivity index (χ1v) is 7.61. The standard InChI is InChI=1S/C16H23N3O3/c1-16(2)7-10-5-12(17)14(6-13(10)22-16)21-11-3-4-19(8-11)9-15(18)20/h5-6,11H,3-4,7-9,17H2,1-2H3,(H2,18,20). The zero-order valence-corrected chi connectivity index (χ0v) is 13.1. The third kappa shape index (κ3) is 3.11. The third-order valence-electron chi connectivity index (χ3n) is 4.10. The molecule has 1 aromatic carbocycles. The van der Waals surface area contributed by atoms with E-state index in [0.717, 1.165) is 30.7 Å². The zero-order chi connectivity index (χ0) is 15.9. The highest BCUT2D eigenvalue weighted by Gasteiger charge is 2.32. The minimum absolute atomic E-state index is 0.0223. The third-order valence-corrected chi connectivity index (χ3v) is 4.10. The minimum atomic E-state index is -0.312. The van der Waals surface area contributed by atoms with Crippen LogP contribution in [-0.4, -0.2) is 42.1 Å². The number of fused-ring (bicyclic) bond motifs is 1. The van der Waals surface area contributed by atoms with Crippen LogP contribution in [0.2, 0.25) is 0 Å². The first kappa shape index (κ1) is 15.0. The second-order valence-corrected chi connectivity index (χ2v) is 6.77. The molecule has 6 nitrogen and oxygen atoms in total. The Morgan fingerprint density at radius 3 is 3.00 bits per heavy atom. The summed E-state index contributed by atoms with van der Waals surface area (Å²) in [4.78, 5) is 13.0. The number of anilines is 1. The van der Waals surface area contributed by atoms with Crippen molar-refractivity contribution in [3.63, 3.8) is 0 Å². The summed E-state index contributed by atoms with van der Waals surface area (Å²) in [6, 6.07) is 3.83. The highest BCUT2D eigenvalue weighted by atomic mass is 16.5. The minimum Gasteiger partial charge on any atom is -0.487 e. The molecule has 22 heavy (non-hydrogen) atoms. The molecule has 0 bridgehead atoms. The molecule has 1 fully saturated rings. The Morgan fingerprint density at radius 1 is 1.50 bits per heavy atom. The summed E-state index contributed by atoms with van der Waals surface area (Å²) in [5.41, 5.74) is 12.9. The van der Waals surface area contributed by atoms with E-state index in [4.69, 9.17) is 20.9 Å². The first-order chi connectivity index (χ1) is 10.3. The average molecular weight is 305 g/mol. The van der Waals surface area contributed by atoms with Crippen LogP contribution in [-0.2, 0) is 11.2 Å². The number of likely N-dealkylation sites (tertiary alicyclic amines) is 1. The topological polar surface area (TPSA) is 90.8 Å². The van der Waals surface area contributed by atoms with Crippen molar-refractivity contribution >= 4 is 11.6 Å². The van der Waals surface area contributed by atoms with E-state index in [2.05, 4.69) is 13.8 Å². The number of primary amides is 1. The van der Waals surface area contributed by atoms with Gasteiger partial charge in [0.1, 0.15) is 23.2 Å². The number of carbonyl (C=O) groups excluding carboxylic acids is 1. The van der Waals surface area contributed by atoms with Crippen LogP contribution in [0.25, 0.3) is 0 Å². The number of ether oxygens (including phenoxy) is 2. The van der Waals surface area contributed by atoms with Gasteiger partial charge in [-0.25, -0.2) is 0 Å². The number of nitrogen functional groups attached to an aromatic ring is 1. The summed E-state index contributed by atoms with van der Waals surface area (Å²) in [5.74, 6) is 1.19. The van der Waals surface area contributed by atoms with E-state index < -0.39 is 0 Å². The number of hydrogen-bond donors (Lipinski definition) is 2. The summed E-state index contributed by atoms with van der Waals surface area (Å²) in [6.45, 7) is 5.88. The highest BCUT2D eigenvalue weighted by molar-refractivity contribution is 5.75. The van der Waals surface area contributed by atoms with Gasteiger partial charge in [0.25, 0.3) is 0 Å². The molecule has 2 aliphatic rings. The molecule has 0 spiro atoms. The fourth-order valence-electron chi connectivity index (χ4n) is 3.19. The molecule has 3 rings (SSSR count). The molecule has 1 atom stereocenters. The number of nitrogens with zero attached hydrogens (tertiary/aromatic N) is 1. The highest BCUT2D eigenvalue weighted by Crippen LogP contribution is 2.40. The van der Waals surface area contributed by atoms with Gasteiger partial charge < -0.3 is 20.9 Å². The Labute approximate surface area is 130 Å². The Morgan fingerprint density at radius 2 is 2.27 bits per heavy atom. The lowest BCUT2D eigenvalue weighted by atomic mass is 10.0. The second kappa shape index (κ2) is 5.35. The maximum atomic E-state index is 11.0. The Bertz CT molecular complexity index is 601. The number of hydrogen-bond acceptors (Lipinski definition) is 5. The summed E-state index contributed by atoms with van der Waals surface area (Å²) in [5, 5.41) is 0. The lowest BCUT2D eigenvalue weighted by Gasteiger charge is -2.18. The molecule has 0 radical (unpaired) electrons. The van der Waals surface area contributed by atoms with Crippen molar-refractivity contribution < 1.29 is 14.3 Å². The van der Waals surface area contributed by atoms with Gasteiger partial charge in [-0.1, -0.05) is 0 Å². The molecule has 2 heterocycles. The normalized spacial score (nSPS) is 23.1. The van der Waals surface area contributed by atoms with Gasteiger partial charge in [0.05, 0.1) is 12.2 Å². The van der Waals surface area contributed by atoms with Crippen molar-refractivity contribution in [2.45, 2.75) is 38.4 Å². The van der Waals surface area contributed by atoms with Crippen LogP contribution in [0.15, 0.2) is 12.1 Å². The Kier molecular flexibility index (Phi) is 3.64. The van der Waals surface area contributed by atoms with Crippen LogP contribution < -0.4 is 20.9 Å². The van der Waals surface area contributed by atoms with Gasteiger partial charge in [-0.3, -0.25) is 9.69 Å². The van der Waals surface area contributed by atoms with Crippen LogP contribution in [0.1, 0.15) is 25.8 Å². The molecule has 1 saturated heterocycles. The maximum Gasteiger partial charge on any atom is 0.231 e. The number of amides is 1. The largest absolute Gasteiger partial charge is 0.487 e. The number of benzene rings is 1. The molecule has 0 aromatic heterocycles. The molecule has 1 amide bonds. The van der Waals surface area contributed by atoms with Gasteiger partial charge in [0.2, 0.25) is 5.91 Å². The van der Waals surface area contributed by atoms with Crippen LogP contribution in [0.4, 0.5) is 5.69 Å². The molecule has 1 unspecified atom stereocenters. The van der Waals surface area contributed by atoms with Crippen molar-refractivity contribution in [2.75, 3.05) is 25.4 Å².